The summed E-state index contributed by atoms with van der Waals surface area (Å²) in [6.07, 6.45) is 5.04. The fourth-order valence-electron chi connectivity index (χ4n) is 2.88. The van der Waals surface area contributed by atoms with Crippen molar-refractivity contribution in [3.05, 3.63) is 47.7 Å². The lowest BCUT2D eigenvalue weighted by molar-refractivity contribution is -0.127. The number of hydrogen-bond acceptors (Lipinski definition) is 5. The van der Waals surface area contributed by atoms with E-state index in [0.29, 0.717) is 23.2 Å². The highest BCUT2D eigenvalue weighted by molar-refractivity contribution is 6.30. The van der Waals surface area contributed by atoms with Crippen LogP contribution in [0.3, 0.4) is 0 Å². The number of aromatic nitrogens is 2. The zero-order valence-corrected chi connectivity index (χ0v) is 14.9. The maximum atomic E-state index is 12.4. The Bertz CT molecular complexity index is 754. The molecular formula is C18H20ClN5O2. The normalized spacial score (nSPS) is 16.8. The predicted molar refractivity (Wildman–Crippen MR) is 100 cm³/mol. The van der Waals surface area contributed by atoms with Gasteiger partial charge in [0, 0.05) is 36.2 Å². The Morgan fingerprint density at radius 2 is 1.92 bits per heavy atom. The minimum absolute atomic E-state index is 0.0696. The molecular weight excluding hydrogens is 354 g/mol. The SMILES string of the molecule is O=C(CNC(=O)[C@H]1CCCN(c2ncccn2)C1)Nc1ccc(Cl)cc1. The van der Waals surface area contributed by atoms with Crippen molar-refractivity contribution in [1.82, 2.24) is 15.3 Å². The summed E-state index contributed by atoms with van der Waals surface area (Å²) in [7, 11) is 0. The Morgan fingerprint density at radius 1 is 1.19 bits per heavy atom. The fraction of sp³-hybridized carbons (Fsp3) is 0.333. The summed E-state index contributed by atoms with van der Waals surface area (Å²) in [5.41, 5.74) is 0.638. The van der Waals surface area contributed by atoms with E-state index in [1.165, 1.54) is 0 Å². The highest BCUT2D eigenvalue weighted by atomic mass is 35.5. The number of piperidine rings is 1. The molecule has 1 aliphatic heterocycles. The van der Waals surface area contributed by atoms with Crippen LogP contribution in [0.25, 0.3) is 0 Å². The average molecular weight is 374 g/mol. The van der Waals surface area contributed by atoms with E-state index in [-0.39, 0.29) is 24.3 Å². The van der Waals surface area contributed by atoms with E-state index >= 15 is 0 Å². The van der Waals surface area contributed by atoms with Gasteiger partial charge in [-0.1, -0.05) is 11.6 Å². The number of nitrogens with one attached hydrogen (secondary N) is 2. The molecule has 2 amide bonds. The molecule has 0 radical (unpaired) electrons. The molecule has 0 saturated carbocycles. The van der Waals surface area contributed by atoms with Crippen LogP contribution >= 0.6 is 11.6 Å². The number of nitrogens with zero attached hydrogens (tertiary/aromatic N) is 3. The first kappa shape index (κ1) is 18.1. The predicted octanol–water partition coefficient (Wildman–Crippen LogP) is 2.10. The number of benzene rings is 1. The van der Waals surface area contributed by atoms with Crippen molar-refractivity contribution in [1.29, 1.82) is 0 Å². The molecule has 0 spiro atoms. The minimum atomic E-state index is -0.278. The number of amides is 2. The summed E-state index contributed by atoms with van der Waals surface area (Å²) in [6, 6.07) is 8.56. The molecule has 1 fully saturated rings. The van der Waals surface area contributed by atoms with Gasteiger partial charge in [0.25, 0.3) is 0 Å². The van der Waals surface area contributed by atoms with Gasteiger partial charge < -0.3 is 15.5 Å². The first-order valence-electron chi connectivity index (χ1n) is 8.47. The van der Waals surface area contributed by atoms with Crippen LogP contribution in [0.2, 0.25) is 5.02 Å². The van der Waals surface area contributed by atoms with Crippen molar-refractivity contribution in [2.24, 2.45) is 5.92 Å². The summed E-state index contributed by atoms with van der Waals surface area (Å²) >= 11 is 5.81. The molecule has 0 aliphatic carbocycles. The standard InChI is InChI=1S/C18H20ClN5O2/c19-14-4-6-15(7-5-14)23-16(25)11-22-17(26)13-3-1-10-24(12-13)18-20-8-2-9-21-18/h2,4-9,13H,1,3,10-12H2,(H,22,26)(H,23,25)/t13-/m0/s1. The van der Waals surface area contributed by atoms with E-state index in [4.69, 9.17) is 11.6 Å². The number of anilines is 2. The Balaban J connectivity index is 1.48. The Hall–Kier alpha value is -2.67. The van der Waals surface area contributed by atoms with Crippen molar-refractivity contribution in [2.45, 2.75) is 12.8 Å². The summed E-state index contributed by atoms with van der Waals surface area (Å²) in [5.74, 6) is 0.0398. The van der Waals surface area contributed by atoms with Crippen molar-refractivity contribution in [3.8, 4) is 0 Å². The van der Waals surface area contributed by atoms with Crippen LogP contribution in [-0.4, -0.2) is 41.4 Å². The fourth-order valence-corrected chi connectivity index (χ4v) is 3.00. The number of hydrogen-bond donors (Lipinski definition) is 2. The summed E-state index contributed by atoms with van der Waals surface area (Å²) in [5, 5.41) is 6.03. The molecule has 3 rings (SSSR count). The molecule has 7 nitrogen and oxygen atoms in total. The second-order valence-corrected chi connectivity index (χ2v) is 6.54. The number of carbonyl (C=O) groups is 2. The van der Waals surface area contributed by atoms with Gasteiger partial charge in [-0.2, -0.15) is 0 Å². The van der Waals surface area contributed by atoms with Gasteiger partial charge in [-0.25, -0.2) is 9.97 Å². The molecule has 2 N–H and O–H groups in total. The molecule has 2 aromatic rings. The maximum absolute atomic E-state index is 12.4. The highest BCUT2D eigenvalue weighted by Gasteiger charge is 2.27. The van der Waals surface area contributed by atoms with Crippen molar-refractivity contribution in [3.63, 3.8) is 0 Å². The molecule has 8 heteroatoms. The minimum Gasteiger partial charge on any atom is -0.347 e. The van der Waals surface area contributed by atoms with Crippen LogP contribution in [0.4, 0.5) is 11.6 Å². The average Bonchev–Trinajstić information content (AvgIpc) is 2.69. The lowest BCUT2D eigenvalue weighted by atomic mass is 9.97. The summed E-state index contributed by atoms with van der Waals surface area (Å²) < 4.78 is 0. The van der Waals surface area contributed by atoms with Crippen LogP contribution in [0, 0.1) is 5.92 Å². The van der Waals surface area contributed by atoms with Gasteiger partial charge in [0.05, 0.1) is 12.5 Å². The van der Waals surface area contributed by atoms with E-state index in [2.05, 4.69) is 20.6 Å². The zero-order chi connectivity index (χ0) is 18.4. The number of rotatable bonds is 5. The van der Waals surface area contributed by atoms with Gasteiger partial charge in [-0.15, -0.1) is 0 Å². The first-order chi connectivity index (χ1) is 12.6. The molecule has 26 heavy (non-hydrogen) atoms. The molecule has 1 aromatic carbocycles. The summed E-state index contributed by atoms with van der Waals surface area (Å²) in [4.78, 5) is 34.8. The van der Waals surface area contributed by atoms with Gasteiger partial charge in [0.15, 0.2) is 0 Å². The van der Waals surface area contributed by atoms with Gasteiger partial charge in [-0.05, 0) is 43.2 Å². The van der Waals surface area contributed by atoms with E-state index in [0.717, 1.165) is 19.4 Å². The first-order valence-corrected chi connectivity index (χ1v) is 8.85. The van der Waals surface area contributed by atoms with E-state index in [1.54, 1.807) is 42.7 Å². The third kappa shape index (κ3) is 4.92. The van der Waals surface area contributed by atoms with Gasteiger partial charge in [-0.3, -0.25) is 9.59 Å². The summed E-state index contributed by atoms with van der Waals surface area (Å²) in [6.45, 7) is 1.30. The molecule has 0 unspecified atom stereocenters. The highest BCUT2D eigenvalue weighted by Crippen LogP contribution is 2.20. The van der Waals surface area contributed by atoms with E-state index in [9.17, 15) is 9.59 Å². The maximum Gasteiger partial charge on any atom is 0.243 e. The Labute approximate surface area is 156 Å². The monoisotopic (exact) mass is 373 g/mol. The lowest BCUT2D eigenvalue weighted by Crippen LogP contribution is -2.45. The Kier molecular flexibility index (Phi) is 6.01. The van der Waals surface area contributed by atoms with Crippen molar-refractivity contribution in [2.75, 3.05) is 29.9 Å². The third-order valence-corrected chi connectivity index (χ3v) is 4.43. The van der Waals surface area contributed by atoms with Crippen LogP contribution in [0.15, 0.2) is 42.7 Å². The van der Waals surface area contributed by atoms with Crippen LogP contribution in [0.1, 0.15) is 12.8 Å². The largest absolute Gasteiger partial charge is 0.347 e. The number of carbonyl (C=O) groups excluding carboxylic acids is 2. The van der Waals surface area contributed by atoms with Crippen LogP contribution in [-0.2, 0) is 9.59 Å². The molecule has 1 aromatic heterocycles. The van der Waals surface area contributed by atoms with Crippen molar-refractivity contribution < 1.29 is 9.59 Å². The Morgan fingerprint density at radius 3 is 2.65 bits per heavy atom. The van der Waals surface area contributed by atoms with Gasteiger partial charge >= 0.3 is 0 Å². The van der Waals surface area contributed by atoms with Crippen molar-refractivity contribution >= 4 is 35.1 Å². The molecule has 1 saturated heterocycles. The van der Waals surface area contributed by atoms with Crippen LogP contribution < -0.4 is 15.5 Å². The third-order valence-electron chi connectivity index (χ3n) is 4.18. The second kappa shape index (κ2) is 8.62. The zero-order valence-electron chi connectivity index (χ0n) is 14.2. The molecule has 1 aliphatic rings. The molecule has 1 atom stereocenters. The lowest BCUT2D eigenvalue weighted by Gasteiger charge is -2.31. The number of halogens is 1. The topological polar surface area (TPSA) is 87.2 Å². The molecule has 136 valence electrons. The van der Waals surface area contributed by atoms with Crippen LogP contribution in [0.5, 0.6) is 0 Å². The van der Waals surface area contributed by atoms with Gasteiger partial charge in [0.1, 0.15) is 0 Å². The molecule has 0 bridgehead atoms. The second-order valence-electron chi connectivity index (χ2n) is 6.11. The van der Waals surface area contributed by atoms with E-state index < -0.39 is 0 Å². The van der Waals surface area contributed by atoms with Gasteiger partial charge in [0.2, 0.25) is 17.8 Å². The quantitative estimate of drug-likeness (QED) is 0.838. The van der Waals surface area contributed by atoms with E-state index in [1.807, 2.05) is 4.90 Å². The molecule has 2 heterocycles. The smallest absolute Gasteiger partial charge is 0.243 e.